The van der Waals surface area contributed by atoms with Gasteiger partial charge in [0.2, 0.25) is 0 Å². The van der Waals surface area contributed by atoms with Crippen LogP contribution in [-0.4, -0.2) is 0 Å². The fourth-order valence-corrected chi connectivity index (χ4v) is 12.4. The van der Waals surface area contributed by atoms with E-state index in [0.717, 1.165) is 5.69 Å². The lowest BCUT2D eigenvalue weighted by Crippen LogP contribution is -2.10. The molecule has 9 aromatic carbocycles. The molecule has 0 aliphatic carbocycles. The molecule has 0 amide bonds. The number of fused-ring (bicyclic) bond motifs is 9. The van der Waals surface area contributed by atoms with Crippen LogP contribution in [0.4, 0.5) is 17.1 Å². The molecule has 12 aromatic rings. The second-order valence-corrected chi connectivity index (χ2v) is 18.0. The van der Waals surface area contributed by atoms with E-state index in [1.165, 1.54) is 105 Å². The van der Waals surface area contributed by atoms with Crippen LogP contribution in [0.3, 0.4) is 0 Å². The van der Waals surface area contributed by atoms with Crippen LogP contribution in [-0.2, 0) is 0 Å². The Morgan fingerprint density at radius 2 is 0.879 bits per heavy atom. The van der Waals surface area contributed by atoms with E-state index in [-0.39, 0.29) is 0 Å². The smallest absolute Gasteiger partial charge is 0.0640 e. The molecule has 58 heavy (non-hydrogen) atoms. The third-order valence-corrected chi connectivity index (χ3v) is 15.0. The highest BCUT2D eigenvalue weighted by Gasteiger charge is 2.24. The van der Waals surface area contributed by atoms with Gasteiger partial charge in [0.05, 0.1) is 16.1 Å². The van der Waals surface area contributed by atoms with Crippen LogP contribution in [0.1, 0.15) is 0 Å². The third kappa shape index (κ3) is 5.41. The highest BCUT2D eigenvalue weighted by molar-refractivity contribution is 7.27. The summed E-state index contributed by atoms with van der Waals surface area (Å²) in [4.78, 5) is 2.55. The Hall–Kier alpha value is -6.56. The topological polar surface area (TPSA) is 3.24 Å². The van der Waals surface area contributed by atoms with E-state index in [1.54, 1.807) is 0 Å². The molecule has 0 spiro atoms. The van der Waals surface area contributed by atoms with Crippen LogP contribution in [0.25, 0.3) is 93.9 Å². The van der Waals surface area contributed by atoms with Gasteiger partial charge in [-0.1, -0.05) is 152 Å². The number of thiophene rings is 3. The summed E-state index contributed by atoms with van der Waals surface area (Å²) >= 11 is 5.67. The molecule has 0 fully saturated rings. The van der Waals surface area contributed by atoms with Gasteiger partial charge in [0.25, 0.3) is 0 Å². The molecule has 1 nitrogen and oxygen atoms in total. The van der Waals surface area contributed by atoms with Crippen molar-refractivity contribution in [3.8, 4) is 33.4 Å². The van der Waals surface area contributed by atoms with Gasteiger partial charge in [-0.25, -0.2) is 0 Å². The van der Waals surface area contributed by atoms with Crippen LogP contribution in [0, 0.1) is 0 Å². The quantitative estimate of drug-likeness (QED) is 0.162. The lowest BCUT2D eigenvalue weighted by atomic mass is 9.98. The first-order valence-electron chi connectivity index (χ1n) is 19.6. The summed E-state index contributed by atoms with van der Waals surface area (Å²) in [7, 11) is 0. The predicted octanol–water partition coefficient (Wildman–Crippen LogP) is 17.3. The molecule has 0 bridgehead atoms. The van der Waals surface area contributed by atoms with Crippen molar-refractivity contribution >= 4 is 112 Å². The van der Waals surface area contributed by atoms with E-state index in [4.69, 9.17) is 0 Å². The molecule has 0 saturated carbocycles. The van der Waals surface area contributed by atoms with Gasteiger partial charge in [0, 0.05) is 61.5 Å². The number of hydrogen-bond donors (Lipinski definition) is 0. The highest BCUT2D eigenvalue weighted by atomic mass is 32.1. The van der Waals surface area contributed by atoms with Crippen LogP contribution in [0.5, 0.6) is 0 Å². The Morgan fingerprint density at radius 3 is 1.62 bits per heavy atom. The van der Waals surface area contributed by atoms with Gasteiger partial charge >= 0.3 is 0 Å². The maximum atomic E-state index is 2.55. The molecular weight excluding hydrogens is 759 g/mol. The molecule has 0 atom stereocenters. The summed E-state index contributed by atoms with van der Waals surface area (Å²) in [5, 5.41) is 7.72. The average molecular weight is 792 g/mol. The average Bonchev–Trinajstić information content (AvgIpc) is 3.99. The monoisotopic (exact) mass is 791 g/mol. The third-order valence-electron chi connectivity index (χ3n) is 11.5. The van der Waals surface area contributed by atoms with Gasteiger partial charge in [0.15, 0.2) is 0 Å². The largest absolute Gasteiger partial charge is 0.308 e. The van der Waals surface area contributed by atoms with E-state index in [0.29, 0.717) is 0 Å². The number of rotatable bonds is 6. The fraction of sp³-hybridized carbons (Fsp3) is 0. The lowest BCUT2D eigenvalue weighted by Gasteiger charge is -2.27. The Morgan fingerprint density at radius 1 is 0.293 bits per heavy atom. The molecule has 0 N–H and O–H groups in total. The second-order valence-electron chi connectivity index (χ2n) is 14.8. The first-order valence-corrected chi connectivity index (χ1v) is 22.0. The van der Waals surface area contributed by atoms with Crippen molar-refractivity contribution in [2.24, 2.45) is 0 Å². The molecule has 4 heteroatoms. The maximum Gasteiger partial charge on any atom is 0.0640 e. The molecule has 0 unspecified atom stereocenters. The minimum atomic E-state index is 1.15. The van der Waals surface area contributed by atoms with Crippen molar-refractivity contribution in [1.82, 2.24) is 0 Å². The van der Waals surface area contributed by atoms with E-state index in [2.05, 4.69) is 205 Å². The van der Waals surface area contributed by atoms with Crippen molar-refractivity contribution in [3.05, 3.63) is 200 Å². The van der Waals surface area contributed by atoms with E-state index in [1.807, 2.05) is 34.0 Å². The molecular formula is C54H33NS3. The van der Waals surface area contributed by atoms with Gasteiger partial charge in [-0.3, -0.25) is 0 Å². The van der Waals surface area contributed by atoms with Crippen molar-refractivity contribution in [2.45, 2.75) is 0 Å². The van der Waals surface area contributed by atoms with Gasteiger partial charge in [0.1, 0.15) is 0 Å². The molecule has 3 heterocycles. The van der Waals surface area contributed by atoms with Crippen LogP contribution < -0.4 is 4.90 Å². The minimum absolute atomic E-state index is 1.15. The maximum absolute atomic E-state index is 2.55. The van der Waals surface area contributed by atoms with Crippen molar-refractivity contribution in [2.75, 3.05) is 4.90 Å². The number of benzene rings is 9. The Balaban J connectivity index is 1.14. The van der Waals surface area contributed by atoms with Gasteiger partial charge < -0.3 is 4.90 Å². The van der Waals surface area contributed by atoms with Crippen LogP contribution >= 0.6 is 34.0 Å². The zero-order valence-corrected chi connectivity index (χ0v) is 33.7. The lowest BCUT2D eigenvalue weighted by molar-refractivity contribution is 1.33. The van der Waals surface area contributed by atoms with E-state index >= 15 is 0 Å². The van der Waals surface area contributed by atoms with Crippen LogP contribution in [0.2, 0.25) is 0 Å². The van der Waals surface area contributed by atoms with E-state index in [9.17, 15) is 0 Å². The Kier molecular flexibility index (Phi) is 7.83. The molecule has 3 aromatic heterocycles. The van der Waals surface area contributed by atoms with Crippen LogP contribution in [0.15, 0.2) is 200 Å². The molecule has 12 rings (SSSR count). The fourth-order valence-electron chi connectivity index (χ4n) is 8.73. The van der Waals surface area contributed by atoms with Crippen molar-refractivity contribution in [1.29, 1.82) is 0 Å². The normalized spacial score (nSPS) is 11.8. The van der Waals surface area contributed by atoms with Crippen molar-refractivity contribution in [3.63, 3.8) is 0 Å². The number of hydrogen-bond acceptors (Lipinski definition) is 4. The van der Waals surface area contributed by atoms with Crippen molar-refractivity contribution < 1.29 is 0 Å². The van der Waals surface area contributed by atoms with E-state index < -0.39 is 0 Å². The molecule has 272 valence electrons. The van der Waals surface area contributed by atoms with Gasteiger partial charge in [-0.05, 0) is 81.9 Å². The summed E-state index contributed by atoms with van der Waals surface area (Å²) < 4.78 is 7.78. The first kappa shape index (κ1) is 33.6. The first-order chi connectivity index (χ1) is 28.7. The highest BCUT2D eigenvalue weighted by Crippen LogP contribution is 2.52. The summed E-state index contributed by atoms with van der Waals surface area (Å²) in [6.07, 6.45) is 0. The summed E-state index contributed by atoms with van der Waals surface area (Å²) in [5.74, 6) is 0. The predicted molar refractivity (Wildman–Crippen MR) is 256 cm³/mol. The zero-order valence-electron chi connectivity index (χ0n) is 31.2. The Bertz CT molecular complexity index is 3500. The second kappa shape index (κ2) is 13.5. The molecule has 0 radical (unpaired) electrons. The number of nitrogens with zero attached hydrogens (tertiary/aromatic N) is 1. The van der Waals surface area contributed by atoms with Gasteiger partial charge in [-0.2, -0.15) is 0 Å². The summed E-state index contributed by atoms with van der Waals surface area (Å²) in [6, 6.07) is 73.8. The Labute approximate surface area is 347 Å². The molecule has 0 aliphatic rings. The standard InChI is InChI=1S/C54H33NS3/c1-4-13-34(14-5-1)37-23-26-42-45-33-39(25-30-49(45)56-50(42)31-37)55(47-21-12-20-43-41-19-10-11-22-48(41)57-53(43)47)46-29-28-40(36-17-8-3-9-18-36)54-52(46)44-27-24-38(32-51(44)58-54)35-15-6-2-7-16-35/h1-33H. The summed E-state index contributed by atoms with van der Waals surface area (Å²) in [6.45, 7) is 0. The minimum Gasteiger partial charge on any atom is -0.308 e. The SMILES string of the molecule is c1ccc(-c2ccc3c(c2)sc2ccc(N(c4cccc5c4sc4ccccc45)c4ccc(-c5ccccc5)c5sc6cc(-c7ccccc7)ccc6c45)cc23)cc1. The zero-order chi connectivity index (χ0) is 38.2. The van der Waals surface area contributed by atoms with Gasteiger partial charge in [-0.15, -0.1) is 34.0 Å². The molecule has 0 saturated heterocycles. The molecule has 0 aliphatic heterocycles. The summed E-state index contributed by atoms with van der Waals surface area (Å²) in [5.41, 5.74) is 11.0. The number of anilines is 3.